The van der Waals surface area contributed by atoms with Crippen LogP contribution in [0.15, 0.2) is 53.5 Å². The van der Waals surface area contributed by atoms with Crippen molar-refractivity contribution in [3.05, 3.63) is 70.8 Å². The van der Waals surface area contributed by atoms with Crippen LogP contribution in [0.3, 0.4) is 0 Å². The second-order valence-corrected chi connectivity index (χ2v) is 9.25. The number of alkyl halides is 6. The second-order valence-electron chi connectivity index (χ2n) is 9.25. The van der Waals surface area contributed by atoms with Gasteiger partial charge in [-0.15, -0.1) is 0 Å². The van der Waals surface area contributed by atoms with Crippen molar-refractivity contribution < 1.29 is 35.9 Å². The molecule has 2 heterocycles. The summed E-state index contributed by atoms with van der Waals surface area (Å²) < 4.78 is 85.8. The largest absolute Gasteiger partial charge is 0.416 e. The van der Waals surface area contributed by atoms with E-state index in [1.54, 1.807) is 0 Å². The SMILES string of the molecule is C[C@@H](OC[C@@]1(c2ccccc2)CC[C@H](N2C(=O)CN=C2N)CN1)c1cc(C(F)(F)F)cc(C(F)(F)F)c1. The average Bonchev–Trinajstić information content (AvgIpc) is 3.19. The lowest BCUT2D eigenvalue weighted by Crippen LogP contribution is -2.59. The molecule has 0 bridgehead atoms. The minimum atomic E-state index is -4.95. The van der Waals surface area contributed by atoms with Crippen LogP contribution in [0.4, 0.5) is 26.3 Å². The van der Waals surface area contributed by atoms with E-state index in [0.717, 1.165) is 5.56 Å². The zero-order valence-electron chi connectivity index (χ0n) is 19.9. The molecule has 2 aromatic carbocycles. The van der Waals surface area contributed by atoms with Crippen LogP contribution in [0.2, 0.25) is 0 Å². The summed E-state index contributed by atoms with van der Waals surface area (Å²) in [5.41, 5.74) is 2.92. The zero-order valence-corrected chi connectivity index (χ0v) is 19.9. The number of nitrogens with zero attached hydrogens (tertiary/aromatic N) is 2. The number of amides is 1. The summed E-state index contributed by atoms with van der Waals surface area (Å²) in [6, 6.07) is 10.4. The summed E-state index contributed by atoms with van der Waals surface area (Å²) in [7, 11) is 0. The first-order chi connectivity index (χ1) is 17.3. The Hall–Kier alpha value is -3.12. The highest BCUT2D eigenvalue weighted by molar-refractivity contribution is 6.02. The van der Waals surface area contributed by atoms with E-state index in [0.29, 0.717) is 31.5 Å². The van der Waals surface area contributed by atoms with E-state index in [1.165, 1.54) is 11.8 Å². The van der Waals surface area contributed by atoms with E-state index < -0.39 is 35.1 Å². The molecule has 37 heavy (non-hydrogen) atoms. The number of benzene rings is 2. The Labute approximate surface area is 209 Å². The van der Waals surface area contributed by atoms with Crippen LogP contribution in [-0.4, -0.2) is 42.5 Å². The van der Waals surface area contributed by atoms with Crippen molar-refractivity contribution in [3.63, 3.8) is 0 Å². The van der Waals surface area contributed by atoms with Crippen LogP contribution < -0.4 is 11.1 Å². The summed E-state index contributed by atoms with van der Waals surface area (Å²) >= 11 is 0. The molecule has 3 N–H and O–H groups in total. The second kappa shape index (κ2) is 9.97. The fourth-order valence-electron chi connectivity index (χ4n) is 4.74. The van der Waals surface area contributed by atoms with E-state index in [4.69, 9.17) is 10.5 Å². The molecule has 4 rings (SSSR count). The minimum Gasteiger partial charge on any atom is -0.372 e. The van der Waals surface area contributed by atoms with Gasteiger partial charge in [-0.1, -0.05) is 30.3 Å². The number of rotatable bonds is 6. The summed E-state index contributed by atoms with van der Waals surface area (Å²) in [6.07, 6.45) is -9.95. The summed E-state index contributed by atoms with van der Waals surface area (Å²) in [4.78, 5) is 17.6. The van der Waals surface area contributed by atoms with Crippen LogP contribution >= 0.6 is 0 Å². The molecule has 1 fully saturated rings. The van der Waals surface area contributed by atoms with Crippen molar-refractivity contribution in [2.75, 3.05) is 19.7 Å². The quantitative estimate of drug-likeness (QED) is 0.537. The van der Waals surface area contributed by atoms with Crippen molar-refractivity contribution in [1.29, 1.82) is 0 Å². The third kappa shape index (κ3) is 5.74. The highest BCUT2D eigenvalue weighted by Gasteiger charge is 2.42. The molecule has 3 atom stereocenters. The molecule has 2 aromatic rings. The van der Waals surface area contributed by atoms with Gasteiger partial charge in [0.15, 0.2) is 5.96 Å². The first kappa shape index (κ1) is 26.9. The fourth-order valence-corrected chi connectivity index (χ4v) is 4.74. The van der Waals surface area contributed by atoms with Gasteiger partial charge in [-0.25, -0.2) is 4.99 Å². The van der Waals surface area contributed by atoms with Gasteiger partial charge in [0.05, 0.1) is 35.4 Å². The number of nitrogens with two attached hydrogens (primary N) is 1. The Balaban J connectivity index is 1.56. The van der Waals surface area contributed by atoms with Gasteiger partial charge in [0.2, 0.25) is 0 Å². The number of hydrogen-bond acceptors (Lipinski definition) is 5. The monoisotopic (exact) mass is 528 g/mol. The van der Waals surface area contributed by atoms with Crippen molar-refractivity contribution in [2.45, 2.75) is 49.8 Å². The lowest BCUT2D eigenvalue weighted by atomic mass is 9.81. The maximum absolute atomic E-state index is 13.3. The number of hydrogen-bond donors (Lipinski definition) is 2. The summed E-state index contributed by atoms with van der Waals surface area (Å²) in [5, 5.41) is 3.41. The van der Waals surface area contributed by atoms with Gasteiger partial charge in [-0.3, -0.25) is 9.69 Å². The summed E-state index contributed by atoms with van der Waals surface area (Å²) in [6.45, 7) is 1.72. The molecule has 0 spiro atoms. The lowest BCUT2D eigenvalue weighted by molar-refractivity contribution is -0.143. The van der Waals surface area contributed by atoms with Crippen LogP contribution in [0.1, 0.15) is 48.1 Å². The van der Waals surface area contributed by atoms with E-state index >= 15 is 0 Å². The molecule has 0 aromatic heterocycles. The van der Waals surface area contributed by atoms with Gasteiger partial charge in [-0.05, 0) is 49.1 Å². The van der Waals surface area contributed by atoms with E-state index in [1.807, 2.05) is 30.3 Å². The van der Waals surface area contributed by atoms with E-state index in [9.17, 15) is 31.1 Å². The molecule has 1 amide bonds. The normalized spacial score (nSPS) is 23.8. The average molecular weight is 528 g/mol. The Morgan fingerprint density at radius 2 is 1.73 bits per heavy atom. The zero-order chi connectivity index (χ0) is 27.0. The Morgan fingerprint density at radius 1 is 1.11 bits per heavy atom. The standard InChI is InChI=1S/C25H26F6N4O2/c1-15(16-9-18(24(26,27)28)11-19(10-16)25(29,30)31)37-14-23(17-5-3-2-4-6-17)8-7-20(12-34-23)35-21(36)13-33-22(35)32/h2-6,9-11,15,20,34H,7-8,12-14H2,1H3,(H2,32,33)/t15-,20+,23-/m1/s1. The Bertz CT molecular complexity index is 1130. The van der Waals surface area contributed by atoms with Crippen LogP contribution in [0.25, 0.3) is 0 Å². The maximum atomic E-state index is 13.3. The van der Waals surface area contributed by atoms with Gasteiger partial charge < -0.3 is 15.8 Å². The molecule has 12 heteroatoms. The minimum absolute atomic E-state index is 0.0102. The Morgan fingerprint density at radius 3 is 2.22 bits per heavy atom. The van der Waals surface area contributed by atoms with Gasteiger partial charge in [0.1, 0.15) is 6.54 Å². The number of piperidine rings is 1. The number of nitrogens with one attached hydrogen (secondary N) is 1. The number of carbonyl (C=O) groups is 1. The molecule has 6 nitrogen and oxygen atoms in total. The smallest absolute Gasteiger partial charge is 0.372 e. The topological polar surface area (TPSA) is 80.0 Å². The molecule has 200 valence electrons. The lowest BCUT2D eigenvalue weighted by Gasteiger charge is -2.44. The number of halogens is 6. The molecule has 0 unspecified atom stereocenters. The van der Waals surface area contributed by atoms with Crippen molar-refractivity contribution in [2.24, 2.45) is 10.7 Å². The third-order valence-corrected chi connectivity index (χ3v) is 6.82. The molecule has 2 aliphatic rings. The highest BCUT2D eigenvalue weighted by Crippen LogP contribution is 2.39. The van der Waals surface area contributed by atoms with E-state index in [2.05, 4.69) is 10.3 Å². The molecule has 0 saturated carbocycles. The first-order valence-corrected chi connectivity index (χ1v) is 11.6. The van der Waals surface area contributed by atoms with Gasteiger partial charge in [0.25, 0.3) is 5.91 Å². The van der Waals surface area contributed by atoms with Crippen molar-refractivity contribution in [3.8, 4) is 0 Å². The maximum Gasteiger partial charge on any atom is 0.416 e. The van der Waals surface area contributed by atoms with Gasteiger partial charge in [-0.2, -0.15) is 26.3 Å². The van der Waals surface area contributed by atoms with Crippen LogP contribution in [0.5, 0.6) is 0 Å². The molecule has 1 saturated heterocycles. The molecular formula is C25H26F6N4O2. The molecule has 2 aliphatic heterocycles. The van der Waals surface area contributed by atoms with Crippen LogP contribution in [0, 0.1) is 0 Å². The number of ether oxygens (including phenoxy) is 1. The van der Waals surface area contributed by atoms with Crippen molar-refractivity contribution >= 4 is 11.9 Å². The number of carbonyl (C=O) groups excluding carboxylic acids is 1. The first-order valence-electron chi connectivity index (χ1n) is 11.6. The van der Waals surface area contributed by atoms with Crippen LogP contribution in [-0.2, 0) is 27.4 Å². The highest BCUT2D eigenvalue weighted by atomic mass is 19.4. The Kier molecular flexibility index (Phi) is 7.26. The van der Waals surface area contributed by atoms with Gasteiger partial charge in [0, 0.05) is 6.54 Å². The van der Waals surface area contributed by atoms with Crippen molar-refractivity contribution in [1.82, 2.24) is 10.2 Å². The van der Waals surface area contributed by atoms with E-state index in [-0.39, 0.29) is 42.7 Å². The molecule has 0 aliphatic carbocycles. The summed E-state index contributed by atoms with van der Waals surface area (Å²) in [5.74, 6) is -0.0507. The number of aliphatic imine (C=N–C) groups is 1. The molecule has 0 radical (unpaired) electrons. The third-order valence-electron chi connectivity index (χ3n) is 6.82. The fraction of sp³-hybridized carbons (Fsp3) is 0.440. The predicted octanol–water partition coefficient (Wildman–Crippen LogP) is 4.61. The predicted molar refractivity (Wildman–Crippen MR) is 123 cm³/mol. The molecular weight excluding hydrogens is 502 g/mol. The number of guanidine groups is 1. The van der Waals surface area contributed by atoms with Gasteiger partial charge >= 0.3 is 12.4 Å².